The Morgan fingerprint density at radius 3 is 2.42 bits per heavy atom. The highest BCUT2D eigenvalue weighted by Gasteiger charge is 2.16. The number of ether oxygens (including phenoxy) is 2. The molecule has 1 aromatic carbocycles. The summed E-state index contributed by atoms with van der Waals surface area (Å²) in [4.78, 5) is 23.6. The van der Waals surface area contributed by atoms with E-state index in [1.54, 1.807) is 25.1 Å². The molecule has 0 unspecified atom stereocenters. The van der Waals surface area contributed by atoms with Crippen LogP contribution in [0.3, 0.4) is 0 Å². The van der Waals surface area contributed by atoms with E-state index in [1.165, 1.54) is 13.0 Å². The van der Waals surface area contributed by atoms with E-state index in [0.29, 0.717) is 11.5 Å². The molecule has 0 aliphatic heterocycles. The van der Waals surface area contributed by atoms with Gasteiger partial charge in [0.2, 0.25) is 0 Å². The van der Waals surface area contributed by atoms with Crippen molar-refractivity contribution in [1.82, 2.24) is 0 Å². The Balaban J connectivity index is 3.08. The van der Waals surface area contributed by atoms with Crippen molar-refractivity contribution in [2.75, 3.05) is 0 Å². The van der Waals surface area contributed by atoms with Crippen molar-refractivity contribution in [3.8, 4) is 11.5 Å². The Morgan fingerprint density at radius 2 is 1.88 bits per heavy atom. The Bertz CT molecular complexity index is 800. The van der Waals surface area contributed by atoms with Crippen LogP contribution in [-0.2, 0) is 9.59 Å². The first-order valence-corrected chi connectivity index (χ1v) is 8.88. The number of esters is 2. The molecular formula is C21H23BrO4. The number of carbonyl (C=O) groups excluding carboxylic acids is 2. The number of benzene rings is 1. The summed E-state index contributed by atoms with van der Waals surface area (Å²) in [5, 5.41) is 0. The second-order valence-electron chi connectivity index (χ2n) is 5.63. The Hall–Kier alpha value is -2.40. The molecule has 0 atom stereocenters. The lowest BCUT2D eigenvalue weighted by Gasteiger charge is -2.13. The summed E-state index contributed by atoms with van der Waals surface area (Å²) in [5.74, 6) is -0.361. The summed E-state index contributed by atoms with van der Waals surface area (Å²) in [5.41, 5.74) is 2.70. The fourth-order valence-electron chi connectivity index (χ4n) is 2.13. The van der Waals surface area contributed by atoms with Gasteiger partial charge in [0.25, 0.3) is 0 Å². The van der Waals surface area contributed by atoms with Crippen LogP contribution in [0.15, 0.2) is 64.7 Å². The lowest BCUT2D eigenvalue weighted by Crippen LogP contribution is -2.13. The predicted octanol–water partition coefficient (Wildman–Crippen LogP) is 5.57. The topological polar surface area (TPSA) is 52.6 Å². The van der Waals surface area contributed by atoms with Crippen molar-refractivity contribution < 1.29 is 19.1 Å². The molecule has 0 N–H and O–H groups in total. The van der Waals surface area contributed by atoms with Gasteiger partial charge in [0.15, 0.2) is 0 Å². The zero-order valence-electron chi connectivity index (χ0n) is 15.5. The van der Waals surface area contributed by atoms with Crippen LogP contribution in [0.2, 0.25) is 0 Å². The number of halogens is 1. The molecule has 0 aromatic heterocycles. The average Bonchev–Trinajstić information content (AvgIpc) is 2.60. The van der Waals surface area contributed by atoms with Crippen molar-refractivity contribution in [2.45, 2.75) is 34.1 Å². The molecule has 26 heavy (non-hydrogen) atoms. The first-order valence-electron chi connectivity index (χ1n) is 8.09. The van der Waals surface area contributed by atoms with Gasteiger partial charge in [-0.3, -0.25) is 4.79 Å². The second-order valence-corrected chi connectivity index (χ2v) is 6.54. The molecule has 4 nitrogen and oxygen atoms in total. The van der Waals surface area contributed by atoms with Crippen molar-refractivity contribution in [3.05, 3.63) is 70.3 Å². The third-order valence-electron chi connectivity index (χ3n) is 3.69. The third-order valence-corrected chi connectivity index (χ3v) is 4.25. The van der Waals surface area contributed by atoms with E-state index in [9.17, 15) is 9.59 Å². The Kier molecular flexibility index (Phi) is 8.26. The largest absolute Gasteiger partial charge is 0.427 e. The number of hydrogen-bond acceptors (Lipinski definition) is 4. The Morgan fingerprint density at radius 1 is 1.23 bits per heavy atom. The smallest absolute Gasteiger partial charge is 0.343 e. The van der Waals surface area contributed by atoms with E-state index in [-0.39, 0.29) is 5.57 Å². The normalized spacial score (nSPS) is 12.1. The minimum atomic E-state index is -0.556. The molecule has 0 spiro atoms. The SMILES string of the molecule is C=C/C(Br)=C\C(CC)=C(/C)C(=C)C(=O)Oc1cc(OC(C)=O)ccc1C. The molecule has 0 amide bonds. The maximum Gasteiger partial charge on any atom is 0.343 e. The molecule has 0 aliphatic rings. The molecule has 1 aromatic rings. The summed E-state index contributed by atoms with van der Waals surface area (Å²) in [6.45, 7) is 14.5. The van der Waals surface area contributed by atoms with Gasteiger partial charge in [-0.25, -0.2) is 4.79 Å². The fourth-order valence-corrected chi connectivity index (χ4v) is 2.41. The number of aryl methyl sites for hydroxylation is 1. The van der Waals surface area contributed by atoms with Crippen LogP contribution in [0.25, 0.3) is 0 Å². The van der Waals surface area contributed by atoms with Crippen molar-refractivity contribution in [1.29, 1.82) is 0 Å². The molecule has 5 heteroatoms. The average molecular weight is 419 g/mol. The van der Waals surface area contributed by atoms with Crippen LogP contribution in [0.1, 0.15) is 32.8 Å². The van der Waals surface area contributed by atoms with Crippen LogP contribution in [0.5, 0.6) is 11.5 Å². The number of allylic oxidation sites excluding steroid dienone is 4. The minimum Gasteiger partial charge on any atom is -0.427 e. The van der Waals surface area contributed by atoms with Crippen molar-refractivity contribution in [2.24, 2.45) is 0 Å². The number of carbonyl (C=O) groups is 2. The van der Waals surface area contributed by atoms with Gasteiger partial charge < -0.3 is 9.47 Å². The standard InChI is InChI=1S/C21H23BrO4/c1-7-17(11-18(22)8-2)14(4)15(5)21(24)26-20-12-19(25-16(6)23)10-9-13(20)3/h8-12H,2,5,7H2,1,3-4,6H3/b17-14+,18-11+. The summed E-state index contributed by atoms with van der Waals surface area (Å²) >= 11 is 3.39. The molecule has 138 valence electrons. The maximum atomic E-state index is 12.5. The second kappa shape index (κ2) is 9.92. The fraction of sp³-hybridized carbons (Fsp3) is 0.238. The quantitative estimate of drug-likeness (QED) is 0.251. The molecule has 0 aliphatic carbocycles. The zero-order valence-corrected chi connectivity index (χ0v) is 17.1. The zero-order chi connectivity index (χ0) is 19.9. The molecule has 0 heterocycles. The highest BCUT2D eigenvalue weighted by molar-refractivity contribution is 9.11. The minimum absolute atomic E-state index is 0.264. The van der Waals surface area contributed by atoms with E-state index in [1.807, 2.05) is 19.9 Å². The van der Waals surface area contributed by atoms with Gasteiger partial charge in [0, 0.05) is 17.5 Å². The van der Waals surface area contributed by atoms with E-state index in [2.05, 4.69) is 29.1 Å². The maximum absolute atomic E-state index is 12.5. The molecular weight excluding hydrogens is 396 g/mol. The van der Waals surface area contributed by atoms with Crippen LogP contribution in [0, 0.1) is 6.92 Å². The molecule has 0 radical (unpaired) electrons. The molecule has 0 saturated carbocycles. The van der Waals surface area contributed by atoms with E-state index in [0.717, 1.165) is 27.6 Å². The van der Waals surface area contributed by atoms with E-state index < -0.39 is 11.9 Å². The monoisotopic (exact) mass is 418 g/mol. The predicted molar refractivity (Wildman–Crippen MR) is 107 cm³/mol. The summed E-state index contributed by atoms with van der Waals surface area (Å²) in [7, 11) is 0. The summed E-state index contributed by atoms with van der Waals surface area (Å²) in [6, 6.07) is 4.87. The van der Waals surface area contributed by atoms with Gasteiger partial charge in [0.05, 0.1) is 5.57 Å². The highest BCUT2D eigenvalue weighted by atomic mass is 79.9. The molecule has 1 rings (SSSR count). The van der Waals surface area contributed by atoms with Gasteiger partial charge >= 0.3 is 11.9 Å². The number of hydrogen-bond donors (Lipinski definition) is 0. The van der Waals surface area contributed by atoms with Crippen LogP contribution >= 0.6 is 15.9 Å². The summed E-state index contributed by atoms with van der Waals surface area (Å²) in [6.07, 6.45) is 4.29. The van der Waals surface area contributed by atoms with Crippen LogP contribution in [-0.4, -0.2) is 11.9 Å². The first kappa shape index (κ1) is 21.6. The highest BCUT2D eigenvalue weighted by Crippen LogP contribution is 2.27. The van der Waals surface area contributed by atoms with Gasteiger partial charge in [-0.1, -0.05) is 48.2 Å². The first-order chi connectivity index (χ1) is 12.2. The van der Waals surface area contributed by atoms with Crippen LogP contribution in [0.4, 0.5) is 0 Å². The molecule has 0 bridgehead atoms. The van der Waals surface area contributed by atoms with Gasteiger partial charge in [-0.2, -0.15) is 0 Å². The molecule has 0 fully saturated rings. The lowest BCUT2D eigenvalue weighted by atomic mass is 10.0. The van der Waals surface area contributed by atoms with E-state index >= 15 is 0 Å². The molecule has 0 saturated heterocycles. The third kappa shape index (κ3) is 6.15. The van der Waals surface area contributed by atoms with Gasteiger partial charge in [-0.05, 0) is 49.1 Å². The van der Waals surface area contributed by atoms with Crippen LogP contribution < -0.4 is 9.47 Å². The lowest BCUT2D eigenvalue weighted by molar-refractivity contribution is -0.132. The van der Waals surface area contributed by atoms with Crippen molar-refractivity contribution >= 4 is 27.9 Å². The number of rotatable bonds is 7. The van der Waals surface area contributed by atoms with Crippen molar-refractivity contribution in [3.63, 3.8) is 0 Å². The Labute approximate surface area is 163 Å². The van der Waals surface area contributed by atoms with E-state index in [4.69, 9.17) is 9.47 Å². The summed E-state index contributed by atoms with van der Waals surface area (Å²) < 4.78 is 11.3. The van der Waals surface area contributed by atoms with Gasteiger partial charge in [0.1, 0.15) is 11.5 Å². The van der Waals surface area contributed by atoms with Gasteiger partial charge in [-0.15, -0.1) is 0 Å².